The molecule has 0 atom stereocenters. The van der Waals surface area contributed by atoms with Gasteiger partial charge in [0.2, 0.25) is 5.91 Å². The van der Waals surface area contributed by atoms with Gasteiger partial charge in [-0.2, -0.15) is 0 Å². The third-order valence-electron chi connectivity index (χ3n) is 5.57. The number of hydrogen-bond donors (Lipinski definition) is 1. The van der Waals surface area contributed by atoms with Gasteiger partial charge in [0.25, 0.3) is 0 Å². The highest BCUT2D eigenvalue weighted by Crippen LogP contribution is 2.18. The van der Waals surface area contributed by atoms with Crippen LogP contribution in [0.4, 0.5) is 0 Å². The standard InChI is InChI=1S/C27H29N3O2/c1-21-10-5-6-11-22(21)20-27(31)28-17-9-16-26-29-24-14-7-8-15-25(24)30(26)18-19-32-23-12-3-2-4-13-23/h2-8,10-15H,9,16-20H2,1H3,(H,28,31). The molecule has 1 heterocycles. The second kappa shape index (κ2) is 10.6. The van der Waals surface area contributed by atoms with Crippen LogP contribution in [0, 0.1) is 6.92 Å². The molecule has 4 aromatic rings. The molecule has 0 radical (unpaired) electrons. The van der Waals surface area contributed by atoms with Gasteiger partial charge in [0, 0.05) is 13.0 Å². The van der Waals surface area contributed by atoms with Gasteiger partial charge in [-0.3, -0.25) is 4.79 Å². The van der Waals surface area contributed by atoms with Gasteiger partial charge < -0.3 is 14.6 Å². The van der Waals surface area contributed by atoms with E-state index in [4.69, 9.17) is 9.72 Å². The Morgan fingerprint density at radius 1 is 0.969 bits per heavy atom. The number of ether oxygens (including phenoxy) is 1. The molecule has 5 nitrogen and oxygen atoms in total. The number of nitrogens with zero attached hydrogens (tertiary/aromatic N) is 2. The highest BCUT2D eigenvalue weighted by molar-refractivity contribution is 5.79. The van der Waals surface area contributed by atoms with Crippen molar-refractivity contribution in [1.29, 1.82) is 0 Å². The molecule has 0 saturated carbocycles. The predicted octanol–water partition coefficient (Wildman–Crippen LogP) is 4.72. The van der Waals surface area contributed by atoms with Crippen molar-refractivity contribution in [2.45, 2.75) is 32.7 Å². The molecule has 1 amide bonds. The SMILES string of the molecule is Cc1ccccc1CC(=O)NCCCc1nc2ccccc2n1CCOc1ccccc1. The number of aromatic nitrogens is 2. The summed E-state index contributed by atoms with van der Waals surface area (Å²) in [7, 11) is 0. The highest BCUT2D eigenvalue weighted by atomic mass is 16.5. The first-order valence-electron chi connectivity index (χ1n) is 11.1. The minimum atomic E-state index is 0.0593. The number of carbonyl (C=O) groups excluding carboxylic acids is 1. The average molecular weight is 428 g/mol. The number of para-hydroxylation sites is 3. The lowest BCUT2D eigenvalue weighted by atomic mass is 10.1. The molecule has 0 bridgehead atoms. The van der Waals surface area contributed by atoms with Crippen molar-refractivity contribution in [2.24, 2.45) is 0 Å². The molecular weight excluding hydrogens is 398 g/mol. The summed E-state index contributed by atoms with van der Waals surface area (Å²) >= 11 is 0. The zero-order valence-corrected chi connectivity index (χ0v) is 18.5. The van der Waals surface area contributed by atoms with Crippen molar-refractivity contribution in [2.75, 3.05) is 13.2 Å². The zero-order chi connectivity index (χ0) is 22.2. The second-order valence-electron chi connectivity index (χ2n) is 7.89. The van der Waals surface area contributed by atoms with Crippen molar-refractivity contribution in [1.82, 2.24) is 14.9 Å². The van der Waals surface area contributed by atoms with Gasteiger partial charge in [-0.15, -0.1) is 0 Å². The van der Waals surface area contributed by atoms with E-state index >= 15 is 0 Å². The first-order chi connectivity index (χ1) is 15.7. The van der Waals surface area contributed by atoms with E-state index in [1.165, 1.54) is 0 Å². The van der Waals surface area contributed by atoms with Crippen LogP contribution >= 0.6 is 0 Å². The van der Waals surface area contributed by atoms with Crippen molar-refractivity contribution < 1.29 is 9.53 Å². The predicted molar refractivity (Wildman–Crippen MR) is 128 cm³/mol. The Morgan fingerprint density at radius 3 is 2.56 bits per heavy atom. The van der Waals surface area contributed by atoms with Gasteiger partial charge in [0.05, 0.1) is 24.0 Å². The van der Waals surface area contributed by atoms with E-state index in [9.17, 15) is 4.79 Å². The van der Waals surface area contributed by atoms with E-state index in [-0.39, 0.29) is 5.91 Å². The maximum Gasteiger partial charge on any atom is 0.224 e. The fraction of sp³-hybridized carbons (Fsp3) is 0.259. The van der Waals surface area contributed by atoms with Crippen LogP contribution in [0.2, 0.25) is 0 Å². The molecule has 4 rings (SSSR count). The molecular formula is C27H29N3O2. The number of nitrogens with one attached hydrogen (secondary N) is 1. The second-order valence-corrected chi connectivity index (χ2v) is 7.89. The minimum absolute atomic E-state index is 0.0593. The number of aryl methyl sites for hydroxylation is 2. The van der Waals surface area contributed by atoms with E-state index < -0.39 is 0 Å². The van der Waals surface area contributed by atoms with Gasteiger partial charge in [-0.1, -0.05) is 54.6 Å². The molecule has 0 saturated heterocycles. The van der Waals surface area contributed by atoms with Crippen molar-refractivity contribution in [3.05, 3.63) is 95.8 Å². The molecule has 32 heavy (non-hydrogen) atoms. The molecule has 5 heteroatoms. The van der Waals surface area contributed by atoms with Crippen molar-refractivity contribution in [3.63, 3.8) is 0 Å². The Kier molecular flexibility index (Phi) is 7.18. The Balaban J connectivity index is 1.32. The molecule has 0 spiro atoms. The summed E-state index contributed by atoms with van der Waals surface area (Å²) in [5.74, 6) is 1.95. The smallest absolute Gasteiger partial charge is 0.224 e. The van der Waals surface area contributed by atoms with Crippen LogP contribution in [-0.4, -0.2) is 28.6 Å². The van der Waals surface area contributed by atoms with E-state index in [1.54, 1.807) is 0 Å². The summed E-state index contributed by atoms with van der Waals surface area (Å²) in [6, 6.07) is 26.0. The molecule has 0 aliphatic heterocycles. The lowest BCUT2D eigenvalue weighted by Gasteiger charge is -2.11. The maximum atomic E-state index is 12.3. The van der Waals surface area contributed by atoms with Gasteiger partial charge in [0.1, 0.15) is 18.2 Å². The van der Waals surface area contributed by atoms with Crippen molar-refractivity contribution in [3.8, 4) is 5.75 Å². The van der Waals surface area contributed by atoms with Gasteiger partial charge >= 0.3 is 0 Å². The lowest BCUT2D eigenvalue weighted by molar-refractivity contribution is -0.120. The molecule has 164 valence electrons. The van der Waals surface area contributed by atoms with E-state index in [1.807, 2.05) is 79.7 Å². The summed E-state index contributed by atoms with van der Waals surface area (Å²) in [6.07, 6.45) is 2.05. The van der Waals surface area contributed by atoms with Crippen LogP contribution in [0.1, 0.15) is 23.4 Å². The van der Waals surface area contributed by atoms with Crippen LogP contribution in [0.15, 0.2) is 78.9 Å². The van der Waals surface area contributed by atoms with E-state index in [0.29, 0.717) is 19.6 Å². The summed E-state index contributed by atoms with van der Waals surface area (Å²) < 4.78 is 8.13. The zero-order valence-electron chi connectivity index (χ0n) is 18.5. The summed E-state index contributed by atoms with van der Waals surface area (Å²) in [5.41, 5.74) is 4.33. The number of rotatable bonds is 10. The molecule has 0 fully saturated rings. The van der Waals surface area contributed by atoms with Gasteiger partial charge in [-0.05, 0) is 48.7 Å². The van der Waals surface area contributed by atoms with Gasteiger partial charge in [0.15, 0.2) is 0 Å². The number of hydrogen-bond acceptors (Lipinski definition) is 3. The summed E-state index contributed by atoms with van der Waals surface area (Å²) in [5, 5.41) is 3.05. The third kappa shape index (κ3) is 5.55. The maximum absolute atomic E-state index is 12.3. The molecule has 1 N–H and O–H groups in total. The first kappa shape index (κ1) is 21.6. The van der Waals surface area contributed by atoms with Crippen LogP contribution in [-0.2, 0) is 24.2 Å². The quantitative estimate of drug-likeness (QED) is 0.373. The molecule has 1 aromatic heterocycles. The number of imidazole rings is 1. The normalized spacial score (nSPS) is 10.9. The van der Waals surface area contributed by atoms with Crippen LogP contribution < -0.4 is 10.1 Å². The fourth-order valence-electron chi connectivity index (χ4n) is 3.86. The number of fused-ring (bicyclic) bond motifs is 1. The lowest BCUT2D eigenvalue weighted by Crippen LogP contribution is -2.26. The Hall–Kier alpha value is -3.60. The van der Waals surface area contributed by atoms with E-state index in [0.717, 1.165) is 53.1 Å². The highest BCUT2D eigenvalue weighted by Gasteiger charge is 2.11. The molecule has 0 aliphatic rings. The van der Waals surface area contributed by atoms with Crippen LogP contribution in [0.3, 0.4) is 0 Å². The minimum Gasteiger partial charge on any atom is -0.492 e. The number of benzene rings is 3. The third-order valence-corrected chi connectivity index (χ3v) is 5.57. The molecule has 3 aromatic carbocycles. The average Bonchev–Trinajstić information content (AvgIpc) is 3.16. The largest absolute Gasteiger partial charge is 0.492 e. The van der Waals surface area contributed by atoms with Crippen molar-refractivity contribution >= 4 is 16.9 Å². The summed E-state index contributed by atoms with van der Waals surface area (Å²) in [4.78, 5) is 17.1. The fourth-order valence-corrected chi connectivity index (χ4v) is 3.86. The topological polar surface area (TPSA) is 56.2 Å². The summed E-state index contributed by atoms with van der Waals surface area (Å²) in [6.45, 7) is 3.97. The molecule has 0 aliphatic carbocycles. The Morgan fingerprint density at radius 2 is 1.72 bits per heavy atom. The number of carbonyl (C=O) groups is 1. The van der Waals surface area contributed by atoms with Gasteiger partial charge in [-0.25, -0.2) is 4.98 Å². The molecule has 0 unspecified atom stereocenters. The van der Waals surface area contributed by atoms with Crippen LogP contribution in [0.5, 0.6) is 5.75 Å². The van der Waals surface area contributed by atoms with Crippen LogP contribution in [0.25, 0.3) is 11.0 Å². The van der Waals surface area contributed by atoms with E-state index in [2.05, 4.69) is 16.0 Å². The Labute approximate surface area is 189 Å². The Bertz CT molecular complexity index is 1170. The number of amides is 1. The first-order valence-corrected chi connectivity index (χ1v) is 11.1. The monoisotopic (exact) mass is 427 g/mol.